The number of rotatable bonds is 3. The highest BCUT2D eigenvalue weighted by Gasteiger charge is 2.27. The number of ether oxygens (including phenoxy) is 2. The molecule has 19 heavy (non-hydrogen) atoms. The molecule has 104 valence electrons. The predicted molar refractivity (Wildman–Crippen MR) is 74.8 cm³/mol. The van der Waals surface area contributed by atoms with Gasteiger partial charge in [0.15, 0.2) is 0 Å². The van der Waals surface area contributed by atoms with E-state index in [0.29, 0.717) is 11.6 Å². The van der Waals surface area contributed by atoms with Crippen LogP contribution < -0.4 is 4.74 Å². The van der Waals surface area contributed by atoms with E-state index in [1.807, 2.05) is 12.1 Å². The van der Waals surface area contributed by atoms with E-state index in [9.17, 15) is 4.79 Å². The number of esters is 1. The van der Waals surface area contributed by atoms with E-state index in [2.05, 4.69) is 13.8 Å². The molecule has 0 saturated heterocycles. The van der Waals surface area contributed by atoms with Crippen molar-refractivity contribution in [1.29, 1.82) is 0 Å². The Morgan fingerprint density at radius 3 is 2.89 bits per heavy atom. The van der Waals surface area contributed by atoms with Gasteiger partial charge in [0.1, 0.15) is 11.4 Å². The van der Waals surface area contributed by atoms with Crippen LogP contribution in [0.5, 0.6) is 5.75 Å². The summed E-state index contributed by atoms with van der Waals surface area (Å²) in [6.07, 6.45) is 2.10. The molecule has 0 radical (unpaired) electrons. The van der Waals surface area contributed by atoms with E-state index >= 15 is 0 Å². The van der Waals surface area contributed by atoms with Crippen molar-refractivity contribution in [1.82, 2.24) is 0 Å². The molecule has 0 aromatic heterocycles. The summed E-state index contributed by atoms with van der Waals surface area (Å²) >= 11 is 6.21. The number of hydrogen-bond donors (Lipinski definition) is 0. The average Bonchev–Trinajstić information content (AvgIpc) is 2.30. The third-order valence-electron chi connectivity index (χ3n) is 3.25. The summed E-state index contributed by atoms with van der Waals surface area (Å²) in [6.45, 7) is 6.30. The summed E-state index contributed by atoms with van der Waals surface area (Å²) in [7, 11) is 0. The molecule has 0 fully saturated rings. The van der Waals surface area contributed by atoms with E-state index < -0.39 is 0 Å². The van der Waals surface area contributed by atoms with Crippen molar-refractivity contribution < 1.29 is 14.3 Å². The molecule has 1 heterocycles. The molecule has 2 rings (SSSR count). The second-order valence-corrected chi connectivity index (χ2v) is 5.80. The highest BCUT2D eigenvalue weighted by molar-refractivity contribution is 6.31. The maximum absolute atomic E-state index is 11.5. The van der Waals surface area contributed by atoms with Crippen LogP contribution in [0.25, 0.3) is 0 Å². The van der Waals surface area contributed by atoms with Gasteiger partial charge < -0.3 is 9.47 Å². The van der Waals surface area contributed by atoms with Crippen molar-refractivity contribution in [2.24, 2.45) is 0 Å². The van der Waals surface area contributed by atoms with E-state index in [1.165, 1.54) is 0 Å². The lowest BCUT2D eigenvalue weighted by Crippen LogP contribution is -2.32. The summed E-state index contributed by atoms with van der Waals surface area (Å²) in [4.78, 5) is 11.5. The number of fused-ring (bicyclic) bond motifs is 1. The van der Waals surface area contributed by atoms with Crippen LogP contribution in [0.2, 0.25) is 5.02 Å². The highest BCUT2D eigenvalue weighted by atomic mass is 35.5. The quantitative estimate of drug-likeness (QED) is 0.796. The van der Waals surface area contributed by atoms with Gasteiger partial charge in [0.2, 0.25) is 0 Å². The molecule has 1 aromatic carbocycles. The SMILES string of the molecule is CCOC(=O)Cc1cc2c(cc1Cl)CCC(C)(C)O2. The van der Waals surface area contributed by atoms with Crippen LogP contribution >= 0.6 is 11.6 Å². The van der Waals surface area contributed by atoms with Crippen LogP contribution in [0.15, 0.2) is 12.1 Å². The van der Waals surface area contributed by atoms with Gasteiger partial charge in [-0.1, -0.05) is 11.6 Å². The van der Waals surface area contributed by atoms with Crippen LogP contribution in [-0.4, -0.2) is 18.2 Å². The first-order chi connectivity index (χ1) is 8.91. The lowest BCUT2D eigenvalue weighted by atomic mass is 9.93. The lowest BCUT2D eigenvalue weighted by Gasteiger charge is -2.33. The first kappa shape index (κ1) is 14.2. The third kappa shape index (κ3) is 3.41. The van der Waals surface area contributed by atoms with Gasteiger partial charge in [-0.15, -0.1) is 0 Å². The molecule has 3 nitrogen and oxygen atoms in total. The Labute approximate surface area is 118 Å². The van der Waals surface area contributed by atoms with Crippen molar-refractivity contribution in [2.75, 3.05) is 6.61 Å². The van der Waals surface area contributed by atoms with E-state index in [4.69, 9.17) is 21.1 Å². The Bertz CT molecular complexity index is 494. The zero-order valence-corrected chi connectivity index (χ0v) is 12.3. The minimum Gasteiger partial charge on any atom is -0.488 e. The van der Waals surface area contributed by atoms with Crippen LogP contribution in [0.3, 0.4) is 0 Å². The number of hydrogen-bond acceptors (Lipinski definition) is 3. The van der Waals surface area contributed by atoms with E-state index in [0.717, 1.165) is 29.7 Å². The molecule has 0 aliphatic carbocycles. The normalized spacial score (nSPS) is 16.4. The summed E-state index contributed by atoms with van der Waals surface area (Å²) in [5.74, 6) is 0.569. The van der Waals surface area contributed by atoms with E-state index in [1.54, 1.807) is 6.92 Å². The Balaban J connectivity index is 2.24. The van der Waals surface area contributed by atoms with Gasteiger partial charge in [-0.05, 0) is 56.9 Å². The second kappa shape index (κ2) is 5.41. The minimum atomic E-state index is -0.264. The molecule has 0 amide bonds. The molecular weight excluding hydrogens is 264 g/mol. The number of aryl methyl sites for hydroxylation is 1. The summed E-state index contributed by atoms with van der Waals surface area (Å²) in [6, 6.07) is 3.77. The summed E-state index contributed by atoms with van der Waals surface area (Å²) in [5, 5.41) is 0.607. The molecule has 0 atom stereocenters. The van der Waals surface area contributed by atoms with Crippen molar-refractivity contribution in [2.45, 2.75) is 45.6 Å². The van der Waals surface area contributed by atoms with Gasteiger partial charge in [-0.3, -0.25) is 4.79 Å². The molecule has 1 aliphatic heterocycles. The third-order valence-corrected chi connectivity index (χ3v) is 3.60. The zero-order valence-electron chi connectivity index (χ0n) is 11.6. The first-order valence-corrected chi connectivity index (χ1v) is 6.95. The van der Waals surface area contributed by atoms with Crippen molar-refractivity contribution in [3.8, 4) is 5.75 Å². The molecule has 1 aliphatic rings. The van der Waals surface area contributed by atoms with Crippen LogP contribution in [0.1, 0.15) is 38.3 Å². The Kier molecular flexibility index (Phi) is 4.04. The molecular formula is C15H19ClO3. The van der Waals surface area contributed by atoms with Crippen molar-refractivity contribution >= 4 is 17.6 Å². The Hall–Kier alpha value is -1.22. The number of carbonyl (C=O) groups excluding carboxylic acids is 1. The van der Waals surface area contributed by atoms with Crippen LogP contribution in [0, 0.1) is 0 Å². The fraction of sp³-hybridized carbons (Fsp3) is 0.533. The molecule has 0 spiro atoms. The first-order valence-electron chi connectivity index (χ1n) is 6.57. The molecule has 0 saturated carbocycles. The fourth-order valence-electron chi connectivity index (χ4n) is 2.21. The monoisotopic (exact) mass is 282 g/mol. The average molecular weight is 283 g/mol. The zero-order chi connectivity index (χ0) is 14.0. The number of carbonyl (C=O) groups is 1. The largest absolute Gasteiger partial charge is 0.488 e. The van der Waals surface area contributed by atoms with Crippen LogP contribution in [-0.2, 0) is 22.4 Å². The van der Waals surface area contributed by atoms with Gasteiger partial charge in [0.25, 0.3) is 0 Å². The van der Waals surface area contributed by atoms with Crippen LogP contribution in [0.4, 0.5) is 0 Å². The van der Waals surface area contributed by atoms with Gasteiger partial charge in [-0.25, -0.2) is 0 Å². The molecule has 4 heteroatoms. The van der Waals surface area contributed by atoms with Crippen molar-refractivity contribution in [3.05, 3.63) is 28.3 Å². The smallest absolute Gasteiger partial charge is 0.310 e. The maximum atomic E-state index is 11.5. The van der Waals surface area contributed by atoms with E-state index in [-0.39, 0.29) is 18.0 Å². The minimum absolute atomic E-state index is 0.165. The maximum Gasteiger partial charge on any atom is 0.310 e. The lowest BCUT2D eigenvalue weighted by molar-refractivity contribution is -0.142. The number of halogens is 1. The Morgan fingerprint density at radius 1 is 1.47 bits per heavy atom. The molecule has 0 unspecified atom stereocenters. The fourth-order valence-corrected chi connectivity index (χ4v) is 2.47. The second-order valence-electron chi connectivity index (χ2n) is 5.39. The molecule has 0 bridgehead atoms. The Morgan fingerprint density at radius 2 is 2.21 bits per heavy atom. The van der Waals surface area contributed by atoms with Gasteiger partial charge in [0.05, 0.1) is 13.0 Å². The highest BCUT2D eigenvalue weighted by Crippen LogP contribution is 2.36. The van der Waals surface area contributed by atoms with Gasteiger partial charge in [0, 0.05) is 5.02 Å². The summed E-state index contributed by atoms with van der Waals surface area (Å²) in [5.41, 5.74) is 1.70. The summed E-state index contributed by atoms with van der Waals surface area (Å²) < 4.78 is 10.9. The predicted octanol–water partition coefficient (Wildman–Crippen LogP) is 3.55. The topological polar surface area (TPSA) is 35.5 Å². The van der Waals surface area contributed by atoms with Gasteiger partial charge >= 0.3 is 5.97 Å². The van der Waals surface area contributed by atoms with Crippen molar-refractivity contribution in [3.63, 3.8) is 0 Å². The molecule has 0 N–H and O–H groups in total. The van der Waals surface area contributed by atoms with Gasteiger partial charge in [-0.2, -0.15) is 0 Å². The standard InChI is InChI=1S/C15H19ClO3/c1-4-18-14(17)9-11-8-13-10(7-12(11)16)5-6-15(2,3)19-13/h7-8H,4-6,9H2,1-3H3. The number of benzene rings is 1. The molecule has 1 aromatic rings.